The summed E-state index contributed by atoms with van der Waals surface area (Å²) in [5.74, 6) is 0.564. The molecule has 1 aromatic heterocycles. The van der Waals surface area contributed by atoms with Crippen LogP contribution >= 0.6 is 0 Å². The van der Waals surface area contributed by atoms with Crippen molar-refractivity contribution in [2.45, 2.75) is 39.0 Å². The van der Waals surface area contributed by atoms with Gasteiger partial charge in [-0.3, -0.25) is 9.59 Å². The van der Waals surface area contributed by atoms with Gasteiger partial charge >= 0.3 is 0 Å². The van der Waals surface area contributed by atoms with Crippen molar-refractivity contribution in [1.29, 1.82) is 0 Å². The van der Waals surface area contributed by atoms with Crippen molar-refractivity contribution < 1.29 is 14.0 Å². The summed E-state index contributed by atoms with van der Waals surface area (Å²) in [5, 5.41) is 13.6. The van der Waals surface area contributed by atoms with E-state index >= 15 is 0 Å². The number of amides is 2. The zero-order valence-electron chi connectivity index (χ0n) is 14.6. The smallest absolute Gasteiger partial charge is 0.224 e. The van der Waals surface area contributed by atoms with Crippen LogP contribution in [0.1, 0.15) is 49.4 Å². The lowest BCUT2D eigenvalue weighted by atomic mass is 9.95. The maximum absolute atomic E-state index is 12.3. The van der Waals surface area contributed by atoms with Crippen LogP contribution in [0, 0.1) is 6.92 Å². The molecule has 1 heterocycles. The minimum absolute atomic E-state index is 0.0374. The second kappa shape index (κ2) is 9.56. The average molecular weight is 344 g/mol. The molecule has 7 heteroatoms. The third-order valence-electron chi connectivity index (χ3n) is 3.73. The molecule has 1 unspecified atom stereocenters. The number of aromatic nitrogens is 2. The molecule has 0 saturated carbocycles. The van der Waals surface area contributed by atoms with Crippen LogP contribution in [-0.2, 0) is 9.59 Å². The van der Waals surface area contributed by atoms with Gasteiger partial charge in [0.25, 0.3) is 0 Å². The summed E-state index contributed by atoms with van der Waals surface area (Å²) in [7, 11) is 0. The van der Waals surface area contributed by atoms with Gasteiger partial charge in [-0.25, -0.2) is 0 Å². The average Bonchev–Trinajstić information content (AvgIpc) is 3.02. The van der Waals surface area contributed by atoms with Crippen LogP contribution in [0.4, 0.5) is 0 Å². The second-order valence-corrected chi connectivity index (χ2v) is 5.87. The highest BCUT2D eigenvalue weighted by atomic mass is 16.4. The molecule has 0 fully saturated rings. The lowest BCUT2D eigenvalue weighted by Gasteiger charge is -2.13. The molecule has 134 valence electrons. The molecule has 2 rings (SSSR count). The van der Waals surface area contributed by atoms with Gasteiger partial charge in [-0.1, -0.05) is 30.3 Å². The van der Waals surface area contributed by atoms with Gasteiger partial charge in [-0.2, -0.15) is 0 Å². The van der Waals surface area contributed by atoms with Crippen molar-refractivity contribution in [2.24, 2.45) is 0 Å². The highest BCUT2D eigenvalue weighted by Gasteiger charge is 2.23. The summed E-state index contributed by atoms with van der Waals surface area (Å²) < 4.78 is 5.54. The van der Waals surface area contributed by atoms with E-state index in [9.17, 15) is 9.59 Å². The van der Waals surface area contributed by atoms with Crippen LogP contribution in [0.15, 0.2) is 34.7 Å². The van der Waals surface area contributed by atoms with Gasteiger partial charge in [-0.05, 0) is 18.4 Å². The SMILES string of the molecule is CC(=O)NCCCCNC(=O)CC(c1ccccc1)c1nnc(C)o1. The van der Waals surface area contributed by atoms with Crippen LogP contribution in [0.5, 0.6) is 0 Å². The maximum Gasteiger partial charge on any atom is 0.224 e. The van der Waals surface area contributed by atoms with E-state index in [2.05, 4.69) is 20.8 Å². The van der Waals surface area contributed by atoms with Gasteiger partial charge in [-0.15, -0.1) is 10.2 Å². The maximum atomic E-state index is 12.3. The van der Waals surface area contributed by atoms with E-state index in [1.165, 1.54) is 6.92 Å². The molecule has 0 bridgehead atoms. The fraction of sp³-hybridized carbons (Fsp3) is 0.444. The summed E-state index contributed by atoms with van der Waals surface area (Å²) in [5.41, 5.74) is 0.965. The molecule has 2 amide bonds. The Morgan fingerprint density at radius 2 is 1.76 bits per heavy atom. The van der Waals surface area contributed by atoms with E-state index in [0.717, 1.165) is 18.4 Å². The first-order valence-electron chi connectivity index (χ1n) is 8.42. The third kappa shape index (κ3) is 6.37. The standard InChI is InChI=1S/C18H24N4O3/c1-13(23)19-10-6-7-11-20-17(24)12-16(15-8-4-3-5-9-15)18-22-21-14(2)25-18/h3-5,8-9,16H,6-7,10-12H2,1-2H3,(H,19,23)(H,20,24). The Labute approximate surface area is 147 Å². The number of nitrogens with zero attached hydrogens (tertiary/aromatic N) is 2. The fourth-order valence-electron chi connectivity index (χ4n) is 2.49. The number of aryl methyl sites for hydroxylation is 1. The lowest BCUT2D eigenvalue weighted by Crippen LogP contribution is -2.27. The van der Waals surface area contributed by atoms with Crippen molar-refractivity contribution >= 4 is 11.8 Å². The molecule has 0 radical (unpaired) electrons. The quantitative estimate of drug-likeness (QED) is 0.678. The molecule has 2 aromatic rings. The molecular formula is C18H24N4O3. The number of carbonyl (C=O) groups excluding carboxylic acids is 2. The Hall–Kier alpha value is -2.70. The normalized spacial score (nSPS) is 11.8. The number of carbonyl (C=O) groups is 2. The van der Waals surface area contributed by atoms with Crippen LogP contribution < -0.4 is 10.6 Å². The van der Waals surface area contributed by atoms with E-state index in [1.807, 2.05) is 30.3 Å². The van der Waals surface area contributed by atoms with Crippen LogP contribution in [0.2, 0.25) is 0 Å². The molecule has 7 nitrogen and oxygen atoms in total. The van der Waals surface area contributed by atoms with Crippen molar-refractivity contribution in [2.75, 3.05) is 13.1 Å². The van der Waals surface area contributed by atoms with Gasteiger partial charge in [0.15, 0.2) is 0 Å². The van der Waals surface area contributed by atoms with Crippen LogP contribution in [-0.4, -0.2) is 35.1 Å². The number of hydrogen-bond acceptors (Lipinski definition) is 5. The van der Waals surface area contributed by atoms with Crippen molar-refractivity contribution in [3.05, 3.63) is 47.7 Å². The molecule has 0 aliphatic rings. The Bertz CT molecular complexity index is 685. The molecule has 2 N–H and O–H groups in total. The van der Waals surface area contributed by atoms with Gasteiger partial charge in [0, 0.05) is 33.4 Å². The molecule has 0 aliphatic carbocycles. The molecule has 25 heavy (non-hydrogen) atoms. The lowest BCUT2D eigenvalue weighted by molar-refractivity contribution is -0.121. The van der Waals surface area contributed by atoms with Crippen LogP contribution in [0.3, 0.4) is 0 Å². The summed E-state index contributed by atoms with van der Waals surface area (Å²) in [6, 6.07) is 9.67. The number of rotatable bonds is 9. The first-order chi connectivity index (χ1) is 12.1. The van der Waals surface area contributed by atoms with Gasteiger partial charge < -0.3 is 15.1 Å². The molecule has 0 spiro atoms. The monoisotopic (exact) mass is 344 g/mol. The minimum atomic E-state index is -0.262. The molecular weight excluding hydrogens is 320 g/mol. The topological polar surface area (TPSA) is 97.1 Å². The van der Waals surface area contributed by atoms with E-state index in [4.69, 9.17) is 4.42 Å². The highest BCUT2D eigenvalue weighted by molar-refractivity contribution is 5.77. The number of nitrogens with one attached hydrogen (secondary N) is 2. The Morgan fingerprint density at radius 3 is 2.36 bits per heavy atom. The summed E-state index contributed by atoms with van der Waals surface area (Å²) in [6.07, 6.45) is 1.88. The van der Waals surface area contributed by atoms with E-state index in [0.29, 0.717) is 24.9 Å². The molecule has 0 aliphatic heterocycles. The van der Waals surface area contributed by atoms with E-state index in [-0.39, 0.29) is 24.2 Å². The minimum Gasteiger partial charge on any atom is -0.425 e. The zero-order valence-corrected chi connectivity index (χ0v) is 14.6. The largest absolute Gasteiger partial charge is 0.425 e. The van der Waals surface area contributed by atoms with Crippen molar-refractivity contribution in [3.8, 4) is 0 Å². The summed E-state index contributed by atoms with van der Waals surface area (Å²) in [6.45, 7) is 4.42. The van der Waals surface area contributed by atoms with Gasteiger partial charge in [0.05, 0.1) is 5.92 Å². The van der Waals surface area contributed by atoms with Crippen molar-refractivity contribution in [3.63, 3.8) is 0 Å². The fourth-order valence-corrected chi connectivity index (χ4v) is 2.49. The molecule has 0 saturated heterocycles. The zero-order chi connectivity index (χ0) is 18.1. The molecule has 1 aromatic carbocycles. The Morgan fingerprint density at radius 1 is 1.08 bits per heavy atom. The second-order valence-electron chi connectivity index (χ2n) is 5.87. The van der Waals surface area contributed by atoms with E-state index in [1.54, 1.807) is 6.92 Å². The Balaban J connectivity index is 1.87. The highest BCUT2D eigenvalue weighted by Crippen LogP contribution is 2.26. The van der Waals surface area contributed by atoms with Gasteiger partial charge in [0.1, 0.15) is 0 Å². The predicted molar refractivity (Wildman–Crippen MR) is 92.9 cm³/mol. The summed E-state index contributed by atoms with van der Waals surface area (Å²) in [4.78, 5) is 23.1. The summed E-state index contributed by atoms with van der Waals surface area (Å²) >= 11 is 0. The first kappa shape index (κ1) is 18.6. The first-order valence-corrected chi connectivity index (χ1v) is 8.42. The number of hydrogen-bond donors (Lipinski definition) is 2. The van der Waals surface area contributed by atoms with Crippen molar-refractivity contribution in [1.82, 2.24) is 20.8 Å². The number of unbranched alkanes of at least 4 members (excludes halogenated alkanes) is 1. The van der Waals surface area contributed by atoms with E-state index < -0.39 is 0 Å². The van der Waals surface area contributed by atoms with Gasteiger partial charge in [0.2, 0.25) is 23.6 Å². The predicted octanol–water partition coefficient (Wildman–Crippen LogP) is 1.93. The Kier molecular flexibility index (Phi) is 7.13. The van der Waals surface area contributed by atoms with Crippen LogP contribution in [0.25, 0.3) is 0 Å². The number of benzene rings is 1. The third-order valence-corrected chi connectivity index (χ3v) is 3.73. The molecule has 1 atom stereocenters.